The van der Waals surface area contributed by atoms with Crippen molar-refractivity contribution >= 4 is 27.3 Å². The first-order chi connectivity index (χ1) is 14.4. The van der Waals surface area contributed by atoms with Gasteiger partial charge in [-0.25, -0.2) is 4.98 Å². The molecule has 0 aliphatic rings. The molecule has 4 rings (SSSR count). The number of benzene rings is 2. The highest BCUT2D eigenvalue weighted by Crippen LogP contribution is 2.36. The Labute approximate surface area is 178 Å². The van der Waals surface area contributed by atoms with Gasteiger partial charge < -0.3 is 4.74 Å². The Hall–Kier alpha value is -3.25. The van der Waals surface area contributed by atoms with Crippen molar-refractivity contribution in [1.29, 1.82) is 0 Å². The molecular formula is C24H22N2O3S. The zero-order chi connectivity index (χ0) is 21.4. The molecule has 0 spiro atoms. The van der Waals surface area contributed by atoms with Gasteiger partial charge in [0.05, 0.1) is 25.4 Å². The van der Waals surface area contributed by atoms with Gasteiger partial charge in [0.25, 0.3) is 5.56 Å². The molecule has 30 heavy (non-hydrogen) atoms. The monoisotopic (exact) mass is 418 g/mol. The van der Waals surface area contributed by atoms with E-state index < -0.39 is 0 Å². The standard InChI is InChI=1S/C24H22N2O3S/c1-14-5-6-18(11-15(14)2)21-16(3)30-23-22(21)24(28)26(13-25-23)12-20(27)17-7-9-19(29-4)10-8-17/h5-11,13H,12H2,1-4H3. The fraction of sp³-hybridized carbons (Fsp3) is 0.208. The summed E-state index contributed by atoms with van der Waals surface area (Å²) in [5, 5.41) is 0.575. The van der Waals surface area contributed by atoms with Gasteiger partial charge in [-0.15, -0.1) is 11.3 Å². The Bertz CT molecular complexity index is 1320. The summed E-state index contributed by atoms with van der Waals surface area (Å²) in [7, 11) is 1.58. The summed E-state index contributed by atoms with van der Waals surface area (Å²) in [6.07, 6.45) is 1.46. The number of hydrogen-bond donors (Lipinski definition) is 0. The number of fused-ring (bicyclic) bond motifs is 1. The summed E-state index contributed by atoms with van der Waals surface area (Å²) in [4.78, 5) is 32.2. The van der Waals surface area contributed by atoms with E-state index in [-0.39, 0.29) is 17.9 Å². The second kappa shape index (κ2) is 7.88. The van der Waals surface area contributed by atoms with E-state index in [4.69, 9.17) is 4.74 Å². The van der Waals surface area contributed by atoms with Crippen LogP contribution in [0.1, 0.15) is 26.4 Å². The average Bonchev–Trinajstić information content (AvgIpc) is 3.09. The number of carbonyl (C=O) groups excluding carboxylic acids is 1. The van der Waals surface area contributed by atoms with Crippen LogP contribution in [0.3, 0.4) is 0 Å². The minimum Gasteiger partial charge on any atom is -0.497 e. The number of nitrogens with zero attached hydrogens (tertiary/aromatic N) is 2. The molecule has 152 valence electrons. The van der Waals surface area contributed by atoms with Crippen LogP contribution in [-0.4, -0.2) is 22.4 Å². The summed E-state index contributed by atoms with van der Waals surface area (Å²) >= 11 is 1.50. The molecule has 0 fully saturated rings. The Morgan fingerprint density at radius 3 is 2.47 bits per heavy atom. The van der Waals surface area contributed by atoms with Gasteiger partial charge in [0.1, 0.15) is 10.6 Å². The van der Waals surface area contributed by atoms with Gasteiger partial charge in [0.15, 0.2) is 5.78 Å². The van der Waals surface area contributed by atoms with Crippen LogP contribution < -0.4 is 10.3 Å². The fourth-order valence-corrected chi connectivity index (χ4v) is 4.52. The molecule has 6 heteroatoms. The summed E-state index contributed by atoms with van der Waals surface area (Å²) in [5.74, 6) is 0.527. The van der Waals surface area contributed by atoms with E-state index in [1.54, 1.807) is 31.4 Å². The summed E-state index contributed by atoms with van der Waals surface area (Å²) in [5.41, 5.74) is 4.61. The SMILES string of the molecule is COc1ccc(C(=O)Cn2cnc3sc(C)c(-c4ccc(C)c(C)c4)c3c2=O)cc1. The summed E-state index contributed by atoms with van der Waals surface area (Å²) < 4.78 is 6.53. The van der Waals surface area contributed by atoms with Crippen LogP contribution >= 0.6 is 11.3 Å². The van der Waals surface area contributed by atoms with Crippen molar-refractivity contribution in [2.45, 2.75) is 27.3 Å². The van der Waals surface area contributed by atoms with E-state index in [1.165, 1.54) is 33.4 Å². The van der Waals surface area contributed by atoms with Crippen molar-refractivity contribution in [2.75, 3.05) is 7.11 Å². The number of Topliss-reactive ketones (excluding diaryl/α,β-unsaturated/α-hetero) is 1. The summed E-state index contributed by atoms with van der Waals surface area (Å²) in [6, 6.07) is 13.1. The van der Waals surface area contributed by atoms with Gasteiger partial charge in [0, 0.05) is 16.0 Å². The van der Waals surface area contributed by atoms with Gasteiger partial charge >= 0.3 is 0 Å². The third kappa shape index (κ3) is 3.55. The van der Waals surface area contributed by atoms with Crippen LogP contribution in [-0.2, 0) is 6.54 Å². The number of aromatic nitrogens is 2. The van der Waals surface area contributed by atoms with E-state index in [2.05, 4.69) is 31.0 Å². The van der Waals surface area contributed by atoms with Crippen molar-refractivity contribution < 1.29 is 9.53 Å². The number of carbonyl (C=O) groups is 1. The molecule has 0 saturated carbocycles. The first-order valence-corrected chi connectivity index (χ1v) is 10.4. The van der Waals surface area contributed by atoms with Crippen LogP contribution in [0, 0.1) is 20.8 Å². The second-order valence-electron chi connectivity index (χ2n) is 7.34. The van der Waals surface area contributed by atoms with Crippen LogP contribution in [0.5, 0.6) is 5.75 Å². The molecule has 0 aliphatic carbocycles. The van der Waals surface area contributed by atoms with Gasteiger partial charge in [-0.2, -0.15) is 0 Å². The predicted octanol–water partition coefficient (Wildman–Crippen LogP) is 4.94. The molecule has 0 atom stereocenters. The number of aryl methyl sites for hydroxylation is 3. The first-order valence-electron chi connectivity index (χ1n) is 9.62. The highest BCUT2D eigenvalue weighted by Gasteiger charge is 2.18. The number of methoxy groups -OCH3 is 1. The van der Waals surface area contributed by atoms with Gasteiger partial charge in [-0.1, -0.05) is 18.2 Å². The third-order valence-corrected chi connectivity index (χ3v) is 6.39. The minimum absolute atomic E-state index is 0.0602. The predicted molar refractivity (Wildman–Crippen MR) is 121 cm³/mol. The number of thiophene rings is 1. The third-order valence-electron chi connectivity index (χ3n) is 5.38. The van der Waals surface area contributed by atoms with E-state index in [0.717, 1.165) is 16.0 Å². The Morgan fingerprint density at radius 2 is 1.80 bits per heavy atom. The molecule has 0 bridgehead atoms. The molecule has 0 unspecified atom stereocenters. The van der Waals surface area contributed by atoms with Gasteiger partial charge in [0.2, 0.25) is 0 Å². The lowest BCUT2D eigenvalue weighted by molar-refractivity contribution is 0.0970. The van der Waals surface area contributed by atoms with Crippen molar-refractivity contribution in [3.63, 3.8) is 0 Å². The first kappa shape index (κ1) is 20.0. The lowest BCUT2D eigenvalue weighted by Crippen LogP contribution is -2.24. The summed E-state index contributed by atoms with van der Waals surface area (Å²) in [6.45, 7) is 6.07. The largest absolute Gasteiger partial charge is 0.497 e. The molecule has 5 nitrogen and oxygen atoms in total. The van der Waals surface area contributed by atoms with Crippen molar-refractivity contribution in [1.82, 2.24) is 9.55 Å². The number of ketones is 1. The van der Waals surface area contributed by atoms with Crippen molar-refractivity contribution in [2.24, 2.45) is 0 Å². The van der Waals surface area contributed by atoms with E-state index >= 15 is 0 Å². The minimum atomic E-state index is -0.195. The molecule has 2 aromatic carbocycles. The molecule has 2 aromatic heterocycles. The van der Waals surface area contributed by atoms with Crippen LogP contribution in [0.2, 0.25) is 0 Å². The maximum atomic E-state index is 13.3. The van der Waals surface area contributed by atoms with E-state index in [1.807, 2.05) is 13.0 Å². The Kier molecular flexibility index (Phi) is 5.26. The quantitative estimate of drug-likeness (QED) is 0.431. The Balaban J connectivity index is 1.77. The van der Waals surface area contributed by atoms with Crippen LogP contribution in [0.25, 0.3) is 21.3 Å². The normalized spacial score (nSPS) is 11.1. The van der Waals surface area contributed by atoms with Crippen molar-refractivity contribution in [3.8, 4) is 16.9 Å². The highest BCUT2D eigenvalue weighted by atomic mass is 32.1. The highest BCUT2D eigenvalue weighted by molar-refractivity contribution is 7.19. The maximum Gasteiger partial charge on any atom is 0.263 e. The molecule has 4 aromatic rings. The average molecular weight is 419 g/mol. The lowest BCUT2D eigenvalue weighted by Gasteiger charge is -2.08. The zero-order valence-corrected chi connectivity index (χ0v) is 18.2. The molecule has 0 saturated heterocycles. The van der Waals surface area contributed by atoms with Crippen molar-refractivity contribution in [3.05, 3.63) is 80.7 Å². The number of hydrogen-bond acceptors (Lipinski definition) is 5. The molecule has 0 N–H and O–H groups in total. The molecule has 0 amide bonds. The maximum absolute atomic E-state index is 13.3. The Morgan fingerprint density at radius 1 is 1.07 bits per heavy atom. The topological polar surface area (TPSA) is 61.2 Å². The van der Waals surface area contributed by atoms with Gasteiger partial charge in [-0.3, -0.25) is 14.2 Å². The molecule has 0 aliphatic heterocycles. The van der Waals surface area contributed by atoms with Crippen LogP contribution in [0.4, 0.5) is 0 Å². The smallest absolute Gasteiger partial charge is 0.263 e. The van der Waals surface area contributed by atoms with E-state index in [0.29, 0.717) is 21.5 Å². The number of rotatable bonds is 5. The second-order valence-corrected chi connectivity index (χ2v) is 8.54. The molecule has 2 heterocycles. The molecular weight excluding hydrogens is 396 g/mol. The lowest BCUT2D eigenvalue weighted by atomic mass is 9.99. The zero-order valence-electron chi connectivity index (χ0n) is 17.4. The van der Waals surface area contributed by atoms with E-state index in [9.17, 15) is 9.59 Å². The van der Waals surface area contributed by atoms with Gasteiger partial charge in [-0.05, 0) is 61.7 Å². The number of ether oxygens (including phenoxy) is 1. The molecule has 0 radical (unpaired) electrons. The van der Waals surface area contributed by atoms with Crippen LogP contribution in [0.15, 0.2) is 53.6 Å². The fourth-order valence-electron chi connectivity index (χ4n) is 3.52.